The summed E-state index contributed by atoms with van der Waals surface area (Å²) >= 11 is 5.92. The highest BCUT2D eigenvalue weighted by molar-refractivity contribution is 14.0. The predicted molar refractivity (Wildman–Crippen MR) is 129 cm³/mol. The van der Waals surface area contributed by atoms with Crippen LogP contribution in [0.2, 0.25) is 5.02 Å². The highest BCUT2D eigenvalue weighted by atomic mass is 127. The van der Waals surface area contributed by atoms with Crippen molar-refractivity contribution in [2.75, 3.05) is 33.8 Å². The number of ether oxygens (including phenoxy) is 1. The van der Waals surface area contributed by atoms with Gasteiger partial charge in [0.1, 0.15) is 11.5 Å². The third-order valence-corrected chi connectivity index (χ3v) is 5.09. The Kier molecular flexibility index (Phi) is 9.04. The molecule has 0 saturated carbocycles. The number of aromatic hydroxyl groups is 1. The number of nitrogens with zero attached hydrogens (tertiary/aromatic N) is 3. The molecule has 0 aliphatic carbocycles. The summed E-state index contributed by atoms with van der Waals surface area (Å²) in [7, 11) is 3.26. The molecule has 1 aliphatic rings. The van der Waals surface area contributed by atoms with Crippen molar-refractivity contribution in [2.45, 2.75) is 13.1 Å². The molecule has 0 bridgehead atoms. The minimum Gasteiger partial charge on any atom is -0.508 e. The second-order valence-electron chi connectivity index (χ2n) is 6.76. The maximum absolute atomic E-state index is 12.6. The molecule has 3 rings (SSSR count). The van der Waals surface area contributed by atoms with Gasteiger partial charge in [0.25, 0.3) is 0 Å². The van der Waals surface area contributed by atoms with E-state index in [-0.39, 0.29) is 42.2 Å². The van der Waals surface area contributed by atoms with Crippen LogP contribution < -0.4 is 10.1 Å². The van der Waals surface area contributed by atoms with Gasteiger partial charge in [0.05, 0.1) is 13.7 Å². The lowest BCUT2D eigenvalue weighted by molar-refractivity contribution is -0.135. The lowest BCUT2D eigenvalue weighted by Crippen LogP contribution is -2.54. The smallest absolute Gasteiger partial charge is 0.242 e. The molecule has 0 unspecified atom stereocenters. The number of phenols is 1. The summed E-state index contributed by atoms with van der Waals surface area (Å²) < 4.78 is 5.20. The molecule has 0 radical (unpaired) electrons. The highest BCUT2D eigenvalue weighted by Crippen LogP contribution is 2.22. The number of hydrogen-bond acceptors (Lipinski definition) is 4. The fourth-order valence-electron chi connectivity index (χ4n) is 3.20. The molecule has 2 aromatic carbocycles. The fourth-order valence-corrected chi connectivity index (χ4v) is 3.33. The molecule has 7 nitrogen and oxygen atoms in total. The molecule has 162 valence electrons. The number of hydrogen-bond donors (Lipinski definition) is 2. The molecule has 9 heteroatoms. The van der Waals surface area contributed by atoms with Crippen LogP contribution in [0.3, 0.4) is 0 Å². The number of benzene rings is 2. The van der Waals surface area contributed by atoms with Crippen LogP contribution in [0.5, 0.6) is 11.5 Å². The van der Waals surface area contributed by atoms with Gasteiger partial charge in [-0.3, -0.25) is 9.79 Å². The first-order valence-electron chi connectivity index (χ1n) is 9.34. The number of guanidine groups is 1. The fraction of sp³-hybridized carbons (Fsp3) is 0.333. The van der Waals surface area contributed by atoms with Gasteiger partial charge in [-0.2, -0.15) is 0 Å². The second kappa shape index (κ2) is 11.3. The summed E-state index contributed by atoms with van der Waals surface area (Å²) in [6.07, 6.45) is 0. The van der Waals surface area contributed by atoms with E-state index in [1.165, 1.54) is 0 Å². The number of phenolic OH excluding ortho intramolecular Hbond substituents is 1. The van der Waals surface area contributed by atoms with E-state index in [9.17, 15) is 9.90 Å². The molecule has 1 fully saturated rings. The topological polar surface area (TPSA) is 77.4 Å². The van der Waals surface area contributed by atoms with Crippen LogP contribution in [0.4, 0.5) is 0 Å². The van der Waals surface area contributed by atoms with Crippen molar-refractivity contribution in [1.29, 1.82) is 0 Å². The van der Waals surface area contributed by atoms with E-state index in [4.69, 9.17) is 16.3 Å². The van der Waals surface area contributed by atoms with Crippen molar-refractivity contribution < 1.29 is 14.6 Å². The quantitative estimate of drug-likeness (QED) is 0.344. The van der Waals surface area contributed by atoms with Crippen molar-refractivity contribution in [3.63, 3.8) is 0 Å². The highest BCUT2D eigenvalue weighted by Gasteiger charge is 2.26. The largest absolute Gasteiger partial charge is 0.508 e. The summed E-state index contributed by atoms with van der Waals surface area (Å²) in [5.74, 6) is 1.50. The molecule has 1 amide bonds. The van der Waals surface area contributed by atoms with Gasteiger partial charge in [-0.1, -0.05) is 23.7 Å². The van der Waals surface area contributed by atoms with Crippen LogP contribution >= 0.6 is 35.6 Å². The van der Waals surface area contributed by atoms with Gasteiger partial charge in [0, 0.05) is 43.8 Å². The SMILES string of the molecule is CN=C(NCc1cc(OC)ccc1O)N1CCN(Cc2ccc(Cl)cc2)C(=O)C1.I. The summed E-state index contributed by atoms with van der Waals surface area (Å²) in [5, 5.41) is 13.9. The molecular formula is C21H26ClIN4O3. The van der Waals surface area contributed by atoms with Crippen molar-refractivity contribution in [3.05, 3.63) is 58.6 Å². The minimum atomic E-state index is 0. The number of carbonyl (C=O) groups is 1. The van der Waals surface area contributed by atoms with Crippen molar-refractivity contribution in [3.8, 4) is 11.5 Å². The van der Waals surface area contributed by atoms with E-state index in [0.717, 1.165) is 5.56 Å². The van der Waals surface area contributed by atoms with Crippen LogP contribution in [0.15, 0.2) is 47.5 Å². The molecule has 1 saturated heterocycles. The number of halogens is 2. The van der Waals surface area contributed by atoms with E-state index in [1.807, 2.05) is 34.1 Å². The molecule has 2 N–H and O–H groups in total. The summed E-state index contributed by atoms with van der Waals surface area (Å²) in [6, 6.07) is 12.6. The zero-order chi connectivity index (χ0) is 20.8. The Labute approximate surface area is 198 Å². The lowest BCUT2D eigenvalue weighted by Gasteiger charge is -2.36. The van der Waals surface area contributed by atoms with Gasteiger partial charge >= 0.3 is 0 Å². The molecule has 2 aromatic rings. The predicted octanol–water partition coefficient (Wildman–Crippen LogP) is 3.09. The number of carbonyl (C=O) groups excluding carboxylic acids is 1. The average molecular weight is 545 g/mol. The molecular weight excluding hydrogens is 519 g/mol. The van der Waals surface area contributed by atoms with Gasteiger partial charge < -0.3 is 25.0 Å². The number of aliphatic imine (C=N–C) groups is 1. The van der Waals surface area contributed by atoms with Gasteiger partial charge in [0.15, 0.2) is 5.96 Å². The third-order valence-electron chi connectivity index (χ3n) is 4.84. The van der Waals surface area contributed by atoms with Crippen molar-refractivity contribution >= 4 is 47.4 Å². The number of amides is 1. The molecule has 30 heavy (non-hydrogen) atoms. The van der Waals surface area contributed by atoms with E-state index >= 15 is 0 Å². The number of piperazine rings is 1. The molecule has 0 atom stereocenters. The van der Waals surface area contributed by atoms with Gasteiger partial charge in [-0.15, -0.1) is 24.0 Å². The first-order chi connectivity index (χ1) is 14.0. The van der Waals surface area contributed by atoms with E-state index in [1.54, 1.807) is 32.4 Å². The van der Waals surface area contributed by atoms with Crippen LogP contribution in [-0.4, -0.2) is 60.6 Å². The van der Waals surface area contributed by atoms with E-state index in [0.29, 0.717) is 48.5 Å². The molecule has 1 aliphatic heterocycles. The zero-order valence-electron chi connectivity index (χ0n) is 17.0. The monoisotopic (exact) mass is 544 g/mol. The minimum absolute atomic E-state index is 0. The normalized spacial score (nSPS) is 14.4. The lowest BCUT2D eigenvalue weighted by atomic mass is 10.2. The van der Waals surface area contributed by atoms with E-state index < -0.39 is 0 Å². The summed E-state index contributed by atoms with van der Waals surface area (Å²) in [4.78, 5) is 20.7. The Bertz CT molecular complexity index is 892. The molecule has 1 heterocycles. The third kappa shape index (κ3) is 6.15. The maximum Gasteiger partial charge on any atom is 0.242 e. The van der Waals surface area contributed by atoms with Crippen LogP contribution in [-0.2, 0) is 17.9 Å². The number of methoxy groups -OCH3 is 1. The Morgan fingerprint density at radius 2 is 1.97 bits per heavy atom. The standard InChI is InChI=1S/C21H25ClN4O3.HI/c1-23-21(24-12-16-11-18(29-2)7-8-19(16)27)26-10-9-25(20(28)14-26)13-15-3-5-17(22)6-4-15;/h3-8,11,27H,9-10,12-14H2,1-2H3,(H,23,24);1H. The van der Waals surface area contributed by atoms with E-state index in [2.05, 4.69) is 10.3 Å². The summed E-state index contributed by atoms with van der Waals surface area (Å²) in [6.45, 7) is 2.45. The first-order valence-corrected chi connectivity index (χ1v) is 9.71. The Balaban J connectivity index is 0.00000320. The van der Waals surface area contributed by atoms with Crippen molar-refractivity contribution in [1.82, 2.24) is 15.1 Å². The Hall–Kier alpha value is -2.20. The van der Waals surface area contributed by atoms with Gasteiger partial charge in [-0.25, -0.2) is 0 Å². The Morgan fingerprint density at radius 1 is 1.23 bits per heavy atom. The van der Waals surface area contributed by atoms with Gasteiger partial charge in [-0.05, 0) is 35.9 Å². The van der Waals surface area contributed by atoms with Crippen LogP contribution in [0.25, 0.3) is 0 Å². The maximum atomic E-state index is 12.6. The Morgan fingerprint density at radius 3 is 2.60 bits per heavy atom. The van der Waals surface area contributed by atoms with Crippen molar-refractivity contribution in [2.24, 2.45) is 4.99 Å². The van der Waals surface area contributed by atoms with Crippen LogP contribution in [0, 0.1) is 0 Å². The molecule has 0 aromatic heterocycles. The average Bonchev–Trinajstić information content (AvgIpc) is 2.73. The van der Waals surface area contributed by atoms with Crippen LogP contribution in [0.1, 0.15) is 11.1 Å². The first kappa shape index (κ1) is 24.1. The number of nitrogens with one attached hydrogen (secondary N) is 1. The van der Waals surface area contributed by atoms with Gasteiger partial charge in [0.2, 0.25) is 5.91 Å². The summed E-state index contributed by atoms with van der Waals surface area (Å²) in [5.41, 5.74) is 1.74. The second-order valence-corrected chi connectivity index (χ2v) is 7.20. The zero-order valence-corrected chi connectivity index (χ0v) is 20.1. The number of rotatable bonds is 5. The molecule has 0 spiro atoms.